The zero-order valence-electron chi connectivity index (χ0n) is 17.2. The number of ether oxygens (including phenoxy) is 1. The number of nitrogens with one attached hydrogen (secondary N) is 1. The van der Waals surface area contributed by atoms with E-state index in [9.17, 15) is 13.2 Å². The monoisotopic (exact) mass is 426 g/mol. The number of esters is 1. The third-order valence-electron chi connectivity index (χ3n) is 5.86. The minimum absolute atomic E-state index is 0.119. The summed E-state index contributed by atoms with van der Waals surface area (Å²) in [5.74, 6) is 0.816. The number of hydrogen-bond acceptors (Lipinski definition) is 5. The largest absolute Gasteiger partial charge is 0.425 e. The van der Waals surface area contributed by atoms with Gasteiger partial charge in [0, 0.05) is 30.2 Å². The highest BCUT2D eigenvalue weighted by molar-refractivity contribution is 7.90. The van der Waals surface area contributed by atoms with Crippen molar-refractivity contribution in [2.24, 2.45) is 5.92 Å². The summed E-state index contributed by atoms with van der Waals surface area (Å²) < 4.78 is 28.8. The Labute approximate surface area is 176 Å². The van der Waals surface area contributed by atoms with E-state index < -0.39 is 9.84 Å². The standard InChI is InChI=1S/C23H26N2O4S/c1-15(26)29-19-12-18-13-22(25-23(18)24-14-19)21(11-16-5-3-4-6-16)17-7-9-20(10-8-17)30(2,27)28/h7-10,12-14,16,21H,3-6,11H2,1-2H3,(H,24,25)/t21-/m1/s1. The third kappa shape index (κ3) is 4.56. The van der Waals surface area contributed by atoms with Crippen LogP contribution in [0.25, 0.3) is 11.0 Å². The molecule has 0 unspecified atom stereocenters. The first kappa shape index (κ1) is 20.6. The van der Waals surface area contributed by atoms with Gasteiger partial charge in [0.2, 0.25) is 0 Å². The molecule has 6 nitrogen and oxygen atoms in total. The van der Waals surface area contributed by atoms with Crippen molar-refractivity contribution in [2.45, 2.75) is 49.8 Å². The van der Waals surface area contributed by atoms with Gasteiger partial charge in [0.1, 0.15) is 11.4 Å². The summed E-state index contributed by atoms with van der Waals surface area (Å²) in [6.45, 7) is 1.37. The number of nitrogens with zero attached hydrogens (tertiary/aromatic N) is 1. The van der Waals surface area contributed by atoms with Gasteiger partial charge in [-0.2, -0.15) is 0 Å². The molecule has 1 atom stereocenters. The lowest BCUT2D eigenvalue weighted by Crippen LogP contribution is -2.08. The molecule has 1 aliphatic carbocycles. The van der Waals surface area contributed by atoms with Crippen molar-refractivity contribution in [3.05, 3.63) is 53.9 Å². The molecule has 0 amide bonds. The zero-order valence-corrected chi connectivity index (χ0v) is 18.0. The lowest BCUT2D eigenvalue weighted by Gasteiger charge is -2.20. The first-order valence-corrected chi connectivity index (χ1v) is 12.2. The van der Waals surface area contributed by atoms with Gasteiger partial charge in [-0.15, -0.1) is 0 Å². The van der Waals surface area contributed by atoms with Gasteiger partial charge in [-0.25, -0.2) is 13.4 Å². The molecule has 3 aromatic rings. The molecule has 0 spiro atoms. The minimum atomic E-state index is -3.23. The number of hydrogen-bond donors (Lipinski definition) is 1. The lowest BCUT2D eigenvalue weighted by molar-refractivity contribution is -0.131. The summed E-state index contributed by atoms with van der Waals surface area (Å²) in [5.41, 5.74) is 2.86. The Morgan fingerprint density at radius 2 is 1.90 bits per heavy atom. The second-order valence-corrected chi connectivity index (χ2v) is 10.2. The Balaban J connectivity index is 1.70. The molecular weight excluding hydrogens is 400 g/mol. The van der Waals surface area contributed by atoms with E-state index in [0.29, 0.717) is 16.6 Å². The molecule has 0 saturated heterocycles. The van der Waals surface area contributed by atoms with Crippen molar-refractivity contribution < 1.29 is 17.9 Å². The molecular formula is C23H26N2O4S. The predicted molar refractivity (Wildman–Crippen MR) is 115 cm³/mol. The second-order valence-electron chi connectivity index (χ2n) is 8.21. The molecule has 0 radical (unpaired) electrons. The molecule has 30 heavy (non-hydrogen) atoms. The highest BCUT2D eigenvalue weighted by atomic mass is 32.2. The zero-order chi connectivity index (χ0) is 21.3. The first-order valence-electron chi connectivity index (χ1n) is 10.3. The first-order chi connectivity index (χ1) is 14.3. The van der Waals surface area contributed by atoms with E-state index in [1.54, 1.807) is 12.1 Å². The molecule has 1 N–H and O–H groups in total. The normalized spacial score (nSPS) is 16.1. The Morgan fingerprint density at radius 3 is 2.53 bits per heavy atom. The molecule has 1 fully saturated rings. The maximum atomic E-state index is 11.8. The van der Waals surface area contributed by atoms with E-state index in [1.807, 2.05) is 18.2 Å². The third-order valence-corrected chi connectivity index (χ3v) is 6.99. The SMILES string of the molecule is CC(=O)Oc1cnc2[nH]c([C@H](CC3CCCC3)c3ccc(S(C)(=O)=O)cc3)cc2c1. The molecule has 7 heteroatoms. The predicted octanol–water partition coefficient (Wildman–Crippen LogP) is 4.60. The fourth-order valence-electron chi connectivity index (χ4n) is 4.40. The number of H-pyrrole nitrogens is 1. The van der Waals surface area contributed by atoms with E-state index in [4.69, 9.17) is 4.74 Å². The summed E-state index contributed by atoms with van der Waals surface area (Å²) in [6, 6.07) is 11.1. The van der Waals surface area contributed by atoms with Gasteiger partial charge in [0.05, 0.1) is 11.1 Å². The number of carbonyl (C=O) groups excluding carboxylic acids is 1. The van der Waals surface area contributed by atoms with Crippen molar-refractivity contribution in [3.8, 4) is 5.75 Å². The van der Waals surface area contributed by atoms with Crippen LogP contribution >= 0.6 is 0 Å². The van der Waals surface area contributed by atoms with Crippen LogP contribution in [-0.2, 0) is 14.6 Å². The maximum absolute atomic E-state index is 11.8. The van der Waals surface area contributed by atoms with Gasteiger partial charge in [0.15, 0.2) is 9.84 Å². The smallest absolute Gasteiger partial charge is 0.308 e. The van der Waals surface area contributed by atoms with E-state index in [-0.39, 0.29) is 11.9 Å². The minimum Gasteiger partial charge on any atom is -0.425 e. The number of fused-ring (bicyclic) bond motifs is 1. The Morgan fingerprint density at radius 1 is 1.20 bits per heavy atom. The van der Waals surface area contributed by atoms with E-state index >= 15 is 0 Å². The summed E-state index contributed by atoms with van der Waals surface area (Å²) in [5, 5.41) is 0.882. The Bertz CT molecular complexity index is 1160. The number of benzene rings is 1. The molecule has 1 saturated carbocycles. The molecule has 0 aliphatic heterocycles. The van der Waals surface area contributed by atoms with E-state index in [2.05, 4.69) is 16.0 Å². The quantitative estimate of drug-likeness (QED) is 0.582. The average Bonchev–Trinajstić information content (AvgIpc) is 3.34. The topological polar surface area (TPSA) is 89.1 Å². The molecule has 2 aromatic heterocycles. The summed E-state index contributed by atoms with van der Waals surface area (Å²) >= 11 is 0. The van der Waals surface area contributed by atoms with Crippen LogP contribution in [0.4, 0.5) is 0 Å². The van der Waals surface area contributed by atoms with Gasteiger partial charge < -0.3 is 9.72 Å². The lowest BCUT2D eigenvalue weighted by atomic mass is 9.85. The fourth-order valence-corrected chi connectivity index (χ4v) is 5.03. The summed E-state index contributed by atoms with van der Waals surface area (Å²) in [7, 11) is -3.23. The van der Waals surface area contributed by atoms with Crippen LogP contribution in [0.15, 0.2) is 47.5 Å². The number of aromatic amines is 1. The highest BCUT2D eigenvalue weighted by Crippen LogP contribution is 2.38. The highest BCUT2D eigenvalue weighted by Gasteiger charge is 2.24. The maximum Gasteiger partial charge on any atom is 0.308 e. The average molecular weight is 427 g/mol. The number of sulfone groups is 1. The number of aromatic nitrogens is 2. The van der Waals surface area contributed by atoms with Crippen molar-refractivity contribution in [1.29, 1.82) is 0 Å². The molecule has 4 rings (SSSR count). The van der Waals surface area contributed by atoms with E-state index in [1.165, 1.54) is 45.1 Å². The van der Waals surface area contributed by atoms with Crippen LogP contribution in [0.1, 0.15) is 56.2 Å². The van der Waals surface area contributed by atoms with Crippen LogP contribution in [0.5, 0.6) is 5.75 Å². The molecule has 2 heterocycles. The van der Waals surface area contributed by atoms with Crippen LogP contribution in [0.3, 0.4) is 0 Å². The van der Waals surface area contributed by atoms with E-state index in [0.717, 1.165) is 28.7 Å². The van der Waals surface area contributed by atoms with Crippen LogP contribution in [0, 0.1) is 5.92 Å². The van der Waals surface area contributed by atoms with Gasteiger partial charge in [0.25, 0.3) is 0 Å². The molecule has 0 bridgehead atoms. The van der Waals surface area contributed by atoms with Crippen LogP contribution in [-0.4, -0.2) is 30.6 Å². The van der Waals surface area contributed by atoms with Crippen LogP contribution in [0.2, 0.25) is 0 Å². The Kier molecular flexibility index (Phi) is 5.64. The molecule has 158 valence electrons. The van der Waals surface area contributed by atoms with Crippen LogP contribution < -0.4 is 4.74 Å². The fraction of sp³-hybridized carbons (Fsp3) is 0.391. The Hall–Kier alpha value is -2.67. The summed E-state index contributed by atoms with van der Waals surface area (Å²) in [6.07, 6.45) is 8.76. The molecule has 1 aliphatic rings. The van der Waals surface area contributed by atoms with Crippen molar-refractivity contribution in [3.63, 3.8) is 0 Å². The van der Waals surface area contributed by atoms with Crippen molar-refractivity contribution in [1.82, 2.24) is 9.97 Å². The number of rotatable bonds is 6. The van der Waals surface area contributed by atoms with Crippen molar-refractivity contribution >= 4 is 26.8 Å². The molecule has 1 aromatic carbocycles. The van der Waals surface area contributed by atoms with Gasteiger partial charge in [-0.3, -0.25) is 4.79 Å². The van der Waals surface area contributed by atoms with Crippen molar-refractivity contribution in [2.75, 3.05) is 6.26 Å². The second kappa shape index (κ2) is 8.22. The number of pyridine rings is 1. The van der Waals surface area contributed by atoms with Gasteiger partial charge >= 0.3 is 5.97 Å². The number of carbonyl (C=O) groups is 1. The van der Waals surface area contributed by atoms with Gasteiger partial charge in [-0.1, -0.05) is 37.8 Å². The summed E-state index contributed by atoms with van der Waals surface area (Å²) in [4.78, 5) is 19.4. The van der Waals surface area contributed by atoms with Gasteiger partial charge in [-0.05, 0) is 42.2 Å².